The molecule has 22 heavy (non-hydrogen) atoms. The smallest absolute Gasteiger partial charge is 0.0951 e. The predicted molar refractivity (Wildman–Crippen MR) is 83.2 cm³/mol. The van der Waals surface area contributed by atoms with E-state index in [-0.39, 0.29) is 12.1 Å². The normalized spacial score (nSPS) is 28.7. The molecule has 4 rings (SSSR count). The number of nitrogens with zero attached hydrogens (tertiary/aromatic N) is 4. The van der Waals surface area contributed by atoms with Crippen molar-refractivity contribution < 1.29 is 5.11 Å². The first-order valence-corrected chi connectivity index (χ1v) is 8.15. The lowest BCUT2D eigenvalue weighted by atomic mass is 9.95. The second-order valence-corrected chi connectivity index (χ2v) is 6.54. The van der Waals surface area contributed by atoms with E-state index in [9.17, 15) is 5.11 Å². The summed E-state index contributed by atoms with van der Waals surface area (Å²) in [4.78, 5) is 2.48. The van der Waals surface area contributed by atoms with Gasteiger partial charge in [0.1, 0.15) is 0 Å². The number of rotatable bonds is 3. The molecule has 2 aliphatic rings. The van der Waals surface area contributed by atoms with Crippen molar-refractivity contribution in [1.29, 1.82) is 0 Å². The molecule has 0 bridgehead atoms. The number of hydrogen-bond donors (Lipinski definition) is 1. The van der Waals surface area contributed by atoms with Gasteiger partial charge < -0.3 is 5.11 Å². The first-order chi connectivity index (χ1) is 10.8. The molecule has 3 unspecified atom stereocenters. The number of aliphatic hydroxyl groups excluding tert-OH is 1. The topological polar surface area (TPSA) is 54.2 Å². The van der Waals surface area contributed by atoms with Gasteiger partial charge in [-0.25, -0.2) is 0 Å². The van der Waals surface area contributed by atoms with E-state index in [1.165, 1.54) is 18.4 Å². The lowest BCUT2D eigenvalue weighted by Gasteiger charge is -2.38. The van der Waals surface area contributed by atoms with Crippen molar-refractivity contribution in [2.45, 2.75) is 38.0 Å². The van der Waals surface area contributed by atoms with Crippen LogP contribution in [0.15, 0.2) is 36.7 Å². The molecule has 2 aromatic rings. The summed E-state index contributed by atoms with van der Waals surface area (Å²) in [5.41, 5.74) is 2.42. The van der Waals surface area contributed by atoms with Gasteiger partial charge in [0, 0.05) is 25.3 Å². The molecule has 1 aromatic heterocycles. The molecule has 5 heteroatoms. The van der Waals surface area contributed by atoms with Crippen molar-refractivity contribution in [2.24, 2.45) is 5.92 Å². The number of benzene rings is 1. The van der Waals surface area contributed by atoms with Crippen LogP contribution in [0, 0.1) is 5.92 Å². The van der Waals surface area contributed by atoms with E-state index in [4.69, 9.17) is 0 Å². The Morgan fingerprint density at radius 1 is 1.27 bits per heavy atom. The molecule has 1 N–H and O–H groups in total. The van der Waals surface area contributed by atoms with E-state index in [0.29, 0.717) is 5.92 Å². The van der Waals surface area contributed by atoms with E-state index < -0.39 is 0 Å². The molecule has 3 atom stereocenters. The van der Waals surface area contributed by atoms with Crippen LogP contribution in [-0.4, -0.2) is 44.1 Å². The summed E-state index contributed by atoms with van der Waals surface area (Å²) in [6.07, 6.45) is 6.71. The molecule has 0 amide bonds. The predicted octanol–water partition coefficient (Wildman–Crippen LogP) is 1.65. The molecular formula is C17H22N4O. The van der Waals surface area contributed by atoms with E-state index in [2.05, 4.69) is 33.4 Å². The second kappa shape index (κ2) is 5.82. The van der Waals surface area contributed by atoms with Crippen LogP contribution < -0.4 is 0 Å². The molecule has 116 valence electrons. The van der Waals surface area contributed by atoms with Gasteiger partial charge in [0.25, 0.3) is 0 Å². The zero-order chi connectivity index (χ0) is 14.9. The molecule has 1 aliphatic carbocycles. The van der Waals surface area contributed by atoms with Crippen LogP contribution in [0.4, 0.5) is 0 Å². The largest absolute Gasteiger partial charge is 0.387 e. The first kappa shape index (κ1) is 13.9. The highest BCUT2D eigenvalue weighted by molar-refractivity contribution is 5.35. The Morgan fingerprint density at radius 3 is 3.00 bits per heavy atom. The van der Waals surface area contributed by atoms with Crippen molar-refractivity contribution in [2.75, 3.05) is 13.1 Å². The number of aliphatic hydroxyl groups is 1. The van der Waals surface area contributed by atoms with Crippen molar-refractivity contribution in [3.63, 3.8) is 0 Å². The number of aromatic nitrogens is 3. The van der Waals surface area contributed by atoms with Gasteiger partial charge in [-0.1, -0.05) is 29.5 Å². The van der Waals surface area contributed by atoms with E-state index in [1.54, 1.807) is 6.20 Å². The van der Waals surface area contributed by atoms with Crippen molar-refractivity contribution in [3.05, 3.63) is 47.8 Å². The van der Waals surface area contributed by atoms with Gasteiger partial charge >= 0.3 is 0 Å². The number of fused-ring (bicyclic) bond motifs is 1. The number of likely N-dealkylation sites (tertiary alicyclic amines) is 1. The molecule has 1 fully saturated rings. The Hall–Kier alpha value is -1.72. The first-order valence-electron chi connectivity index (χ1n) is 8.15. The average Bonchev–Trinajstić information content (AvgIpc) is 3.16. The van der Waals surface area contributed by atoms with Crippen LogP contribution >= 0.6 is 0 Å². The summed E-state index contributed by atoms with van der Waals surface area (Å²) < 4.78 is 1.92. The van der Waals surface area contributed by atoms with Gasteiger partial charge in [0.05, 0.1) is 12.3 Å². The van der Waals surface area contributed by atoms with Crippen LogP contribution in [-0.2, 0) is 13.0 Å². The molecule has 1 aromatic carbocycles. The molecule has 1 aliphatic heterocycles. The molecule has 2 heterocycles. The lowest BCUT2D eigenvalue weighted by molar-refractivity contribution is 0.0311. The summed E-state index contributed by atoms with van der Waals surface area (Å²) in [6.45, 7) is 3.05. The Labute approximate surface area is 130 Å². The number of piperidine rings is 1. The Balaban J connectivity index is 1.45. The minimum atomic E-state index is -0.346. The maximum Gasteiger partial charge on any atom is 0.0951 e. The molecule has 0 saturated carbocycles. The lowest BCUT2D eigenvalue weighted by Crippen LogP contribution is -2.45. The standard InChI is InChI=1S/C17H22N4O/c22-17-15-6-2-1-5-14(15)10-16(17)20-8-3-4-13(11-20)12-21-9-7-18-19-21/h1-2,5-7,9,13,16-17,22H,3-4,8,10-12H2. The second-order valence-electron chi connectivity index (χ2n) is 6.54. The maximum absolute atomic E-state index is 10.7. The summed E-state index contributed by atoms with van der Waals surface area (Å²) in [5.74, 6) is 0.589. The Kier molecular flexibility index (Phi) is 3.68. The monoisotopic (exact) mass is 298 g/mol. The van der Waals surface area contributed by atoms with Crippen molar-refractivity contribution in [3.8, 4) is 0 Å². The fourth-order valence-corrected chi connectivity index (χ4v) is 4.02. The maximum atomic E-state index is 10.7. The van der Waals surface area contributed by atoms with Gasteiger partial charge in [0.2, 0.25) is 0 Å². The Bertz CT molecular complexity index is 627. The SMILES string of the molecule is OC1c2ccccc2CC1N1CCCC(Cn2ccnn2)C1. The Morgan fingerprint density at radius 2 is 2.18 bits per heavy atom. The fraction of sp³-hybridized carbons (Fsp3) is 0.529. The fourth-order valence-electron chi connectivity index (χ4n) is 4.02. The quantitative estimate of drug-likeness (QED) is 0.936. The third-order valence-electron chi connectivity index (χ3n) is 5.10. The summed E-state index contributed by atoms with van der Waals surface area (Å²) in [7, 11) is 0. The van der Waals surface area contributed by atoms with Crippen LogP contribution in [0.3, 0.4) is 0 Å². The van der Waals surface area contributed by atoms with Gasteiger partial charge in [-0.15, -0.1) is 5.10 Å². The van der Waals surface area contributed by atoms with E-state index >= 15 is 0 Å². The van der Waals surface area contributed by atoms with Crippen LogP contribution in [0.2, 0.25) is 0 Å². The van der Waals surface area contributed by atoms with Crippen LogP contribution in [0.5, 0.6) is 0 Å². The summed E-state index contributed by atoms with van der Waals surface area (Å²) in [5, 5.41) is 18.6. The zero-order valence-corrected chi connectivity index (χ0v) is 12.7. The molecule has 1 saturated heterocycles. The highest BCUT2D eigenvalue weighted by Gasteiger charge is 2.36. The van der Waals surface area contributed by atoms with Crippen LogP contribution in [0.25, 0.3) is 0 Å². The zero-order valence-electron chi connectivity index (χ0n) is 12.7. The minimum Gasteiger partial charge on any atom is -0.387 e. The van der Waals surface area contributed by atoms with Gasteiger partial charge in [-0.3, -0.25) is 9.58 Å². The average molecular weight is 298 g/mol. The van der Waals surface area contributed by atoms with Crippen molar-refractivity contribution >= 4 is 0 Å². The van der Waals surface area contributed by atoms with Crippen LogP contribution in [0.1, 0.15) is 30.1 Å². The highest BCUT2D eigenvalue weighted by Crippen LogP contribution is 2.36. The van der Waals surface area contributed by atoms with Gasteiger partial charge in [-0.2, -0.15) is 0 Å². The highest BCUT2D eigenvalue weighted by atomic mass is 16.3. The van der Waals surface area contributed by atoms with E-state index in [0.717, 1.165) is 31.6 Å². The van der Waals surface area contributed by atoms with Gasteiger partial charge in [-0.05, 0) is 42.9 Å². The third-order valence-corrected chi connectivity index (χ3v) is 5.10. The van der Waals surface area contributed by atoms with E-state index in [1.807, 2.05) is 16.9 Å². The number of hydrogen-bond acceptors (Lipinski definition) is 4. The third kappa shape index (κ3) is 2.55. The molecule has 5 nitrogen and oxygen atoms in total. The summed E-state index contributed by atoms with van der Waals surface area (Å²) >= 11 is 0. The molecular weight excluding hydrogens is 276 g/mol. The molecule has 0 spiro atoms. The molecule has 0 radical (unpaired) electrons. The van der Waals surface area contributed by atoms with Crippen molar-refractivity contribution in [1.82, 2.24) is 19.9 Å². The minimum absolute atomic E-state index is 0.232. The van der Waals surface area contributed by atoms with Gasteiger partial charge in [0.15, 0.2) is 0 Å². The summed E-state index contributed by atoms with van der Waals surface area (Å²) in [6, 6.07) is 8.54.